The lowest BCUT2D eigenvalue weighted by atomic mass is 9.92. The third-order valence-corrected chi connectivity index (χ3v) is 9.23. The molecule has 6 heteroatoms. The highest BCUT2D eigenvalue weighted by Gasteiger charge is 2.22. The molecule has 0 aliphatic rings. The molecule has 0 spiro atoms. The van der Waals surface area contributed by atoms with Gasteiger partial charge in [0.15, 0.2) is 0 Å². The average Bonchev–Trinajstić information content (AvgIpc) is 3.62. The monoisotopic (exact) mass is 634 g/mol. The summed E-state index contributed by atoms with van der Waals surface area (Å²) in [6.45, 7) is 11.0. The van der Waals surface area contributed by atoms with Gasteiger partial charge in [-0.25, -0.2) is 9.67 Å². The third kappa shape index (κ3) is 5.62. The minimum atomic E-state index is 0.753. The first-order chi connectivity index (χ1) is 23.4. The van der Waals surface area contributed by atoms with Crippen molar-refractivity contribution in [3.05, 3.63) is 125 Å². The topological polar surface area (TPSA) is 54.1 Å². The Morgan fingerprint density at radius 1 is 0.708 bits per heavy atom. The molecule has 6 nitrogen and oxygen atoms in total. The fourth-order valence-electron chi connectivity index (χ4n) is 6.99. The number of methoxy groups -OCH3 is 1. The molecule has 0 saturated heterocycles. The summed E-state index contributed by atoms with van der Waals surface area (Å²) in [7, 11) is 1.68. The average molecular weight is 635 g/mol. The van der Waals surface area contributed by atoms with Gasteiger partial charge in [-0.05, 0) is 98.7 Å². The molecule has 3 heterocycles. The van der Waals surface area contributed by atoms with Gasteiger partial charge in [0.2, 0.25) is 0 Å². The van der Waals surface area contributed by atoms with Gasteiger partial charge in [0.05, 0.1) is 35.2 Å². The van der Waals surface area contributed by atoms with Gasteiger partial charge in [-0.15, -0.1) is 0 Å². The Bertz CT molecular complexity index is 2260. The third-order valence-electron chi connectivity index (χ3n) is 9.23. The molecule has 48 heavy (non-hydrogen) atoms. The van der Waals surface area contributed by atoms with Crippen molar-refractivity contribution in [3.63, 3.8) is 0 Å². The highest BCUT2D eigenvalue weighted by atomic mass is 16.5. The quantitative estimate of drug-likeness (QED) is 0.150. The van der Waals surface area contributed by atoms with Gasteiger partial charge in [0, 0.05) is 40.7 Å². The SMILES string of the molecule is CCCCc1c(-c2c(C)cccc2C)c(CC)nn1-c1cc(C)cc(Oc2ccc3c4ccccc4n(-c4cc(OC)ccn4)c3c2)c1. The molecule has 0 amide bonds. The van der Waals surface area contributed by atoms with E-state index in [1.165, 1.54) is 27.9 Å². The van der Waals surface area contributed by atoms with Gasteiger partial charge in [-0.3, -0.25) is 4.57 Å². The fraction of sp³-hybridized carbons (Fsp3) is 0.238. The summed E-state index contributed by atoms with van der Waals surface area (Å²) in [5.74, 6) is 3.08. The lowest BCUT2D eigenvalue weighted by Crippen LogP contribution is -2.04. The molecule has 242 valence electrons. The highest BCUT2D eigenvalue weighted by Crippen LogP contribution is 2.38. The number of unbranched alkanes of at least 4 members (excludes halogenated alkanes) is 1. The van der Waals surface area contributed by atoms with E-state index < -0.39 is 0 Å². The van der Waals surface area contributed by atoms with E-state index in [1.54, 1.807) is 13.3 Å². The van der Waals surface area contributed by atoms with Crippen molar-refractivity contribution in [1.82, 2.24) is 19.3 Å². The molecule has 3 aromatic heterocycles. The molecule has 0 aliphatic heterocycles. The van der Waals surface area contributed by atoms with Crippen LogP contribution in [0.4, 0.5) is 0 Å². The molecule has 7 rings (SSSR count). The Kier molecular flexibility index (Phi) is 8.49. The van der Waals surface area contributed by atoms with Crippen molar-refractivity contribution in [1.29, 1.82) is 0 Å². The van der Waals surface area contributed by atoms with Crippen molar-refractivity contribution in [2.24, 2.45) is 0 Å². The van der Waals surface area contributed by atoms with E-state index >= 15 is 0 Å². The van der Waals surface area contributed by atoms with Gasteiger partial charge >= 0.3 is 0 Å². The number of hydrogen-bond donors (Lipinski definition) is 0. The van der Waals surface area contributed by atoms with Crippen molar-refractivity contribution >= 4 is 21.8 Å². The summed E-state index contributed by atoms with van der Waals surface area (Å²) >= 11 is 0. The molecule has 0 N–H and O–H groups in total. The second kappa shape index (κ2) is 13.0. The normalized spacial score (nSPS) is 11.5. The van der Waals surface area contributed by atoms with Crippen molar-refractivity contribution in [2.45, 2.75) is 60.3 Å². The van der Waals surface area contributed by atoms with E-state index in [4.69, 9.17) is 19.6 Å². The van der Waals surface area contributed by atoms with Crippen LogP contribution in [0.5, 0.6) is 17.2 Å². The Morgan fingerprint density at radius 2 is 1.50 bits per heavy atom. The molecule has 0 bridgehead atoms. The molecule has 0 radical (unpaired) electrons. The minimum Gasteiger partial charge on any atom is -0.497 e. The van der Waals surface area contributed by atoms with Crippen LogP contribution in [0.2, 0.25) is 0 Å². The smallest absolute Gasteiger partial charge is 0.141 e. The lowest BCUT2D eigenvalue weighted by molar-refractivity contribution is 0.414. The van der Waals surface area contributed by atoms with E-state index in [-0.39, 0.29) is 0 Å². The fourth-order valence-corrected chi connectivity index (χ4v) is 6.99. The van der Waals surface area contributed by atoms with Crippen molar-refractivity contribution < 1.29 is 9.47 Å². The number of nitrogens with zero attached hydrogens (tertiary/aromatic N) is 4. The molecule has 4 aromatic carbocycles. The number of fused-ring (bicyclic) bond motifs is 3. The predicted octanol–water partition coefficient (Wildman–Crippen LogP) is 10.7. The zero-order valence-corrected chi connectivity index (χ0v) is 28.7. The zero-order chi connectivity index (χ0) is 33.4. The van der Waals surface area contributed by atoms with Crippen LogP contribution < -0.4 is 9.47 Å². The van der Waals surface area contributed by atoms with Gasteiger partial charge < -0.3 is 9.47 Å². The maximum Gasteiger partial charge on any atom is 0.141 e. The number of hydrogen-bond acceptors (Lipinski definition) is 4. The Balaban J connectivity index is 1.34. The lowest BCUT2D eigenvalue weighted by Gasteiger charge is -2.15. The van der Waals surface area contributed by atoms with E-state index in [1.807, 2.05) is 12.1 Å². The Morgan fingerprint density at radius 3 is 2.27 bits per heavy atom. The molecular weight excluding hydrogens is 592 g/mol. The van der Waals surface area contributed by atoms with E-state index in [2.05, 4.69) is 123 Å². The van der Waals surface area contributed by atoms with Crippen molar-refractivity contribution in [2.75, 3.05) is 7.11 Å². The van der Waals surface area contributed by atoms with Crippen LogP contribution in [-0.4, -0.2) is 26.4 Å². The summed E-state index contributed by atoms with van der Waals surface area (Å²) in [5, 5.41) is 7.56. The first kappa shape index (κ1) is 31.3. The molecule has 0 saturated carbocycles. The number of rotatable bonds is 10. The molecule has 0 aliphatic carbocycles. The van der Waals surface area contributed by atoms with E-state index in [0.717, 1.165) is 87.5 Å². The first-order valence-electron chi connectivity index (χ1n) is 16.9. The molecular formula is C42H42N4O2. The van der Waals surface area contributed by atoms with Crippen LogP contribution in [0.25, 0.3) is 44.4 Å². The van der Waals surface area contributed by atoms with Gasteiger partial charge in [-0.1, -0.05) is 56.7 Å². The van der Waals surface area contributed by atoms with Crippen LogP contribution in [0.1, 0.15) is 54.8 Å². The Hall–Kier alpha value is -5.36. The van der Waals surface area contributed by atoms with Crippen LogP contribution in [0, 0.1) is 20.8 Å². The number of benzene rings is 4. The summed E-state index contributed by atoms with van der Waals surface area (Å²) in [4.78, 5) is 4.71. The summed E-state index contributed by atoms with van der Waals surface area (Å²) in [6, 6.07) is 31.5. The summed E-state index contributed by atoms with van der Waals surface area (Å²) in [5.41, 5.74) is 11.8. The number of para-hydroxylation sites is 1. The van der Waals surface area contributed by atoms with Crippen molar-refractivity contribution in [3.8, 4) is 39.9 Å². The highest BCUT2D eigenvalue weighted by molar-refractivity contribution is 6.09. The number of aromatic nitrogens is 4. The van der Waals surface area contributed by atoms with Gasteiger partial charge in [0.1, 0.15) is 23.1 Å². The van der Waals surface area contributed by atoms with E-state index in [9.17, 15) is 0 Å². The predicted molar refractivity (Wildman–Crippen MR) is 196 cm³/mol. The van der Waals surface area contributed by atoms with Gasteiger partial charge in [-0.2, -0.15) is 5.10 Å². The van der Waals surface area contributed by atoms with Crippen LogP contribution in [0.3, 0.4) is 0 Å². The molecule has 0 atom stereocenters. The van der Waals surface area contributed by atoms with Crippen LogP contribution in [-0.2, 0) is 12.8 Å². The number of aryl methyl sites for hydroxylation is 4. The Labute approximate surface area is 282 Å². The first-order valence-corrected chi connectivity index (χ1v) is 16.9. The molecule has 0 fully saturated rings. The standard InChI is InChI=1S/C42H42N4O2/c1-7-9-16-38-42(41-28(4)13-12-14-29(41)5)36(8-2)44-46(38)30-22-27(3)23-33(24-30)48-32-18-19-35-34-15-10-11-17-37(34)45(39(35)25-32)40-26-31(47-6)20-21-43-40/h10-15,17-26H,7-9,16H2,1-6H3. The molecule has 0 unspecified atom stereocenters. The number of ether oxygens (including phenoxy) is 2. The summed E-state index contributed by atoms with van der Waals surface area (Å²) < 4.78 is 16.6. The zero-order valence-electron chi connectivity index (χ0n) is 28.7. The largest absolute Gasteiger partial charge is 0.497 e. The van der Waals surface area contributed by atoms with E-state index in [0.29, 0.717) is 0 Å². The van der Waals surface area contributed by atoms with Crippen LogP contribution in [0.15, 0.2) is 97.2 Å². The van der Waals surface area contributed by atoms with Crippen LogP contribution >= 0.6 is 0 Å². The van der Waals surface area contributed by atoms with Gasteiger partial charge in [0.25, 0.3) is 0 Å². The summed E-state index contributed by atoms with van der Waals surface area (Å²) in [6.07, 6.45) is 5.81. The maximum absolute atomic E-state index is 6.67. The maximum atomic E-state index is 6.67. The molecule has 7 aromatic rings. The number of pyridine rings is 1. The minimum absolute atomic E-state index is 0.753. The second-order valence-corrected chi connectivity index (χ2v) is 12.6. The second-order valence-electron chi connectivity index (χ2n) is 12.6.